The molecule has 0 radical (unpaired) electrons. The van der Waals surface area contributed by atoms with Crippen LogP contribution in [-0.2, 0) is 6.54 Å². The lowest BCUT2D eigenvalue weighted by Crippen LogP contribution is -2.48. The lowest BCUT2D eigenvalue weighted by atomic mass is 10.0. The molecule has 0 aromatic heterocycles. The van der Waals surface area contributed by atoms with Crippen LogP contribution in [0.15, 0.2) is 47.5 Å². The molecule has 0 unspecified atom stereocenters. The fourth-order valence-electron chi connectivity index (χ4n) is 3.30. The monoisotopic (exact) mass is 390 g/mol. The van der Waals surface area contributed by atoms with E-state index in [-0.39, 0.29) is 24.0 Å². The molecule has 2 N–H and O–H groups in total. The van der Waals surface area contributed by atoms with Crippen molar-refractivity contribution in [2.75, 3.05) is 24.5 Å². The van der Waals surface area contributed by atoms with E-state index in [0.29, 0.717) is 12.5 Å². The first-order valence-electron chi connectivity index (χ1n) is 9.54. The molecule has 150 valence electrons. The maximum Gasteiger partial charge on any atom is 0.191 e. The molecule has 0 bridgehead atoms. The van der Waals surface area contributed by atoms with Crippen LogP contribution in [0.2, 0.25) is 0 Å². The number of hydrogen-bond acceptors (Lipinski definition) is 2. The zero-order chi connectivity index (χ0) is 19.9. The topological polar surface area (TPSA) is 39.7 Å². The minimum Gasteiger partial charge on any atom is -0.371 e. The summed E-state index contributed by atoms with van der Waals surface area (Å²) in [4.78, 5) is 6.55. The molecule has 1 heterocycles. The molecular weight excluding hydrogens is 365 g/mol. The molecule has 4 nitrogen and oxygen atoms in total. The molecule has 7 heteroatoms. The lowest BCUT2D eigenvalue weighted by Gasteiger charge is -2.34. The highest BCUT2D eigenvalue weighted by atomic mass is 19.1. The van der Waals surface area contributed by atoms with E-state index in [9.17, 15) is 13.2 Å². The van der Waals surface area contributed by atoms with E-state index in [4.69, 9.17) is 0 Å². The van der Waals surface area contributed by atoms with E-state index in [0.717, 1.165) is 43.8 Å². The standard InChI is InChI=1S/C21H25F3N4/c1-2-25-21(26-14-15-12-17(23)6-7-20(15)24)27-18-8-10-28(11-9-18)19-5-3-4-16(22)13-19/h3-7,12-13,18H,2,8-11,14H2,1H3,(H2,25,26,27). The Hall–Kier alpha value is -2.70. The maximum absolute atomic E-state index is 13.8. The number of halogens is 3. The summed E-state index contributed by atoms with van der Waals surface area (Å²) < 4.78 is 40.5. The van der Waals surface area contributed by atoms with Gasteiger partial charge in [-0.3, -0.25) is 0 Å². The van der Waals surface area contributed by atoms with Crippen molar-refractivity contribution in [3.05, 3.63) is 65.5 Å². The van der Waals surface area contributed by atoms with Gasteiger partial charge in [-0.15, -0.1) is 0 Å². The number of nitrogens with zero attached hydrogens (tertiary/aromatic N) is 2. The Morgan fingerprint density at radius 3 is 2.54 bits per heavy atom. The fraction of sp³-hybridized carbons (Fsp3) is 0.381. The maximum atomic E-state index is 13.8. The smallest absolute Gasteiger partial charge is 0.191 e. The van der Waals surface area contributed by atoms with Gasteiger partial charge in [0.05, 0.1) is 6.54 Å². The summed E-state index contributed by atoms with van der Waals surface area (Å²) >= 11 is 0. The first kappa shape index (κ1) is 20.0. The third-order valence-corrected chi connectivity index (χ3v) is 4.77. The van der Waals surface area contributed by atoms with Gasteiger partial charge in [0.15, 0.2) is 5.96 Å². The summed E-state index contributed by atoms with van der Waals surface area (Å²) in [5.74, 6) is -0.599. The molecule has 3 rings (SSSR count). The molecule has 28 heavy (non-hydrogen) atoms. The first-order chi connectivity index (χ1) is 13.5. The largest absolute Gasteiger partial charge is 0.371 e. The average molecular weight is 390 g/mol. The molecule has 2 aromatic carbocycles. The molecule has 0 amide bonds. The van der Waals surface area contributed by atoms with Crippen LogP contribution in [0.5, 0.6) is 0 Å². The Kier molecular flexibility index (Phi) is 6.79. The van der Waals surface area contributed by atoms with E-state index >= 15 is 0 Å². The van der Waals surface area contributed by atoms with Gasteiger partial charge < -0.3 is 15.5 Å². The summed E-state index contributed by atoms with van der Waals surface area (Å²) in [5, 5.41) is 6.51. The van der Waals surface area contributed by atoms with Crippen molar-refractivity contribution >= 4 is 11.6 Å². The van der Waals surface area contributed by atoms with E-state index in [2.05, 4.69) is 20.5 Å². The van der Waals surface area contributed by atoms with Crippen LogP contribution in [0.25, 0.3) is 0 Å². The van der Waals surface area contributed by atoms with Crippen molar-refractivity contribution in [2.24, 2.45) is 4.99 Å². The van der Waals surface area contributed by atoms with Crippen molar-refractivity contribution < 1.29 is 13.2 Å². The SMILES string of the molecule is CCNC(=NCc1cc(F)ccc1F)NC1CCN(c2cccc(F)c2)CC1. The summed E-state index contributed by atoms with van der Waals surface area (Å²) in [6, 6.07) is 10.2. The van der Waals surface area contributed by atoms with Gasteiger partial charge in [0.1, 0.15) is 17.5 Å². The van der Waals surface area contributed by atoms with E-state index in [1.54, 1.807) is 12.1 Å². The van der Waals surface area contributed by atoms with Crippen LogP contribution in [0.4, 0.5) is 18.9 Å². The van der Waals surface area contributed by atoms with Crippen LogP contribution < -0.4 is 15.5 Å². The van der Waals surface area contributed by atoms with Gasteiger partial charge in [-0.2, -0.15) is 0 Å². The van der Waals surface area contributed by atoms with Gasteiger partial charge in [0, 0.05) is 36.9 Å². The molecule has 0 saturated carbocycles. The Morgan fingerprint density at radius 1 is 1.07 bits per heavy atom. The van der Waals surface area contributed by atoms with Gasteiger partial charge in [0.2, 0.25) is 0 Å². The number of rotatable bonds is 5. The number of aliphatic imine (C=N–C) groups is 1. The molecule has 1 fully saturated rings. The molecule has 0 atom stereocenters. The van der Waals surface area contributed by atoms with Crippen LogP contribution in [-0.4, -0.2) is 31.6 Å². The summed E-state index contributed by atoms with van der Waals surface area (Å²) in [6.07, 6.45) is 1.74. The molecule has 1 aliphatic heterocycles. The molecule has 1 saturated heterocycles. The summed E-state index contributed by atoms with van der Waals surface area (Å²) in [5.41, 5.74) is 1.11. The zero-order valence-electron chi connectivity index (χ0n) is 15.9. The van der Waals surface area contributed by atoms with Crippen molar-refractivity contribution in [3.8, 4) is 0 Å². The lowest BCUT2D eigenvalue weighted by molar-refractivity contribution is 0.461. The molecular formula is C21H25F3N4. The normalized spacial score (nSPS) is 15.6. The van der Waals surface area contributed by atoms with Crippen molar-refractivity contribution in [1.29, 1.82) is 0 Å². The van der Waals surface area contributed by atoms with Gasteiger partial charge in [-0.05, 0) is 56.2 Å². The van der Waals surface area contributed by atoms with Crippen LogP contribution >= 0.6 is 0 Å². The molecule has 2 aromatic rings. The number of hydrogen-bond donors (Lipinski definition) is 2. The van der Waals surface area contributed by atoms with Gasteiger partial charge >= 0.3 is 0 Å². The highest BCUT2D eigenvalue weighted by Gasteiger charge is 2.20. The molecule has 0 spiro atoms. The van der Waals surface area contributed by atoms with Crippen molar-refractivity contribution in [1.82, 2.24) is 10.6 Å². The van der Waals surface area contributed by atoms with Crippen molar-refractivity contribution in [2.45, 2.75) is 32.4 Å². The predicted molar refractivity (Wildman–Crippen MR) is 106 cm³/mol. The number of guanidine groups is 1. The average Bonchev–Trinajstić information content (AvgIpc) is 2.69. The third kappa shape index (κ3) is 5.41. The molecule has 0 aliphatic carbocycles. The highest BCUT2D eigenvalue weighted by molar-refractivity contribution is 5.80. The predicted octanol–water partition coefficient (Wildman–Crippen LogP) is 3.83. The number of nitrogens with one attached hydrogen (secondary N) is 2. The minimum atomic E-state index is -0.478. The third-order valence-electron chi connectivity index (χ3n) is 4.77. The van der Waals surface area contributed by atoms with Crippen molar-refractivity contribution in [3.63, 3.8) is 0 Å². The Morgan fingerprint density at radius 2 is 1.82 bits per heavy atom. The first-order valence-corrected chi connectivity index (χ1v) is 9.54. The summed E-state index contributed by atoms with van der Waals surface area (Å²) in [7, 11) is 0. The van der Waals surface area contributed by atoms with E-state index in [1.807, 2.05) is 13.0 Å². The van der Waals surface area contributed by atoms with Gasteiger partial charge in [0.25, 0.3) is 0 Å². The Bertz CT molecular complexity index is 817. The van der Waals surface area contributed by atoms with Crippen LogP contribution in [0.3, 0.4) is 0 Å². The minimum absolute atomic E-state index is 0.0566. The second-order valence-corrected chi connectivity index (χ2v) is 6.82. The van der Waals surface area contributed by atoms with E-state index in [1.165, 1.54) is 12.1 Å². The second kappa shape index (κ2) is 9.48. The second-order valence-electron chi connectivity index (χ2n) is 6.82. The highest BCUT2D eigenvalue weighted by Crippen LogP contribution is 2.20. The van der Waals surface area contributed by atoms with Gasteiger partial charge in [-0.1, -0.05) is 6.07 Å². The summed E-state index contributed by atoms with van der Waals surface area (Å²) in [6.45, 7) is 4.28. The van der Waals surface area contributed by atoms with E-state index < -0.39 is 11.6 Å². The molecule has 1 aliphatic rings. The van der Waals surface area contributed by atoms with Crippen LogP contribution in [0.1, 0.15) is 25.3 Å². The van der Waals surface area contributed by atoms with Gasteiger partial charge in [-0.25, -0.2) is 18.2 Å². The Balaban J connectivity index is 1.58. The number of benzene rings is 2. The number of anilines is 1. The quantitative estimate of drug-likeness (QED) is 0.602. The fourth-order valence-corrected chi connectivity index (χ4v) is 3.30. The zero-order valence-corrected chi connectivity index (χ0v) is 15.9. The Labute approximate surface area is 163 Å². The number of piperidine rings is 1. The van der Waals surface area contributed by atoms with Crippen LogP contribution in [0, 0.1) is 17.5 Å².